The molecule has 1 amide bonds. The molecule has 6 nitrogen and oxygen atoms in total. The molecule has 0 aliphatic carbocycles. The molecule has 0 spiro atoms. The lowest BCUT2D eigenvalue weighted by Gasteiger charge is -2.34. The molecule has 1 aliphatic rings. The average molecular weight is 299 g/mol. The summed E-state index contributed by atoms with van der Waals surface area (Å²) in [6, 6.07) is 6.79. The maximum absolute atomic E-state index is 12.8. The molecule has 0 saturated heterocycles. The SMILES string of the molecule is Cc1ncn(C)c1C(=O)N1Cc2ccccc2C[C@H]1C(=O)O. The Bertz CT molecular complexity index is 731. The lowest BCUT2D eigenvalue weighted by Crippen LogP contribution is -2.49. The monoisotopic (exact) mass is 299 g/mol. The number of aromatic nitrogens is 2. The quantitative estimate of drug-likeness (QED) is 0.909. The predicted molar refractivity (Wildman–Crippen MR) is 79.4 cm³/mol. The summed E-state index contributed by atoms with van der Waals surface area (Å²) in [5, 5.41) is 9.50. The highest BCUT2D eigenvalue weighted by Crippen LogP contribution is 2.25. The van der Waals surface area contributed by atoms with Crippen LogP contribution in [0, 0.1) is 6.92 Å². The van der Waals surface area contributed by atoms with Gasteiger partial charge in [-0.3, -0.25) is 4.79 Å². The number of fused-ring (bicyclic) bond motifs is 1. The van der Waals surface area contributed by atoms with Crippen molar-refractivity contribution in [2.75, 3.05) is 0 Å². The van der Waals surface area contributed by atoms with Crippen LogP contribution in [0.5, 0.6) is 0 Å². The number of aryl methyl sites for hydroxylation is 2. The molecule has 114 valence electrons. The molecule has 2 heterocycles. The molecule has 1 N–H and O–H groups in total. The molecule has 22 heavy (non-hydrogen) atoms. The molecule has 6 heteroatoms. The van der Waals surface area contributed by atoms with E-state index in [-0.39, 0.29) is 5.91 Å². The molecule has 0 unspecified atom stereocenters. The maximum Gasteiger partial charge on any atom is 0.326 e. The Morgan fingerprint density at radius 2 is 1.95 bits per heavy atom. The third-order valence-corrected chi connectivity index (χ3v) is 4.12. The summed E-state index contributed by atoms with van der Waals surface area (Å²) in [5.41, 5.74) is 3.02. The van der Waals surface area contributed by atoms with E-state index in [0.717, 1.165) is 11.1 Å². The number of hydrogen-bond acceptors (Lipinski definition) is 3. The summed E-state index contributed by atoms with van der Waals surface area (Å²) in [5.74, 6) is -1.28. The predicted octanol–water partition coefficient (Wildman–Crippen LogP) is 1.38. The van der Waals surface area contributed by atoms with E-state index in [1.54, 1.807) is 24.9 Å². The smallest absolute Gasteiger partial charge is 0.326 e. The van der Waals surface area contributed by atoms with Gasteiger partial charge in [0.05, 0.1) is 12.0 Å². The molecule has 0 fully saturated rings. The number of carbonyl (C=O) groups excluding carboxylic acids is 1. The van der Waals surface area contributed by atoms with Crippen molar-refractivity contribution < 1.29 is 14.7 Å². The van der Waals surface area contributed by atoms with Crippen LogP contribution in [0.2, 0.25) is 0 Å². The molecule has 0 saturated carbocycles. The van der Waals surface area contributed by atoms with Crippen LogP contribution in [-0.4, -0.2) is 37.5 Å². The maximum atomic E-state index is 12.8. The van der Waals surface area contributed by atoms with Crippen molar-refractivity contribution in [2.45, 2.75) is 25.9 Å². The van der Waals surface area contributed by atoms with Gasteiger partial charge in [0.1, 0.15) is 11.7 Å². The zero-order chi connectivity index (χ0) is 15.9. The van der Waals surface area contributed by atoms with E-state index in [1.807, 2.05) is 24.3 Å². The first kappa shape index (κ1) is 14.3. The minimum Gasteiger partial charge on any atom is -0.480 e. The second-order valence-corrected chi connectivity index (χ2v) is 5.55. The first-order valence-corrected chi connectivity index (χ1v) is 7.07. The zero-order valence-electron chi connectivity index (χ0n) is 12.5. The number of hydrogen-bond donors (Lipinski definition) is 1. The number of carbonyl (C=O) groups is 2. The van der Waals surface area contributed by atoms with Crippen LogP contribution in [-0.2, 0) is 24.8 Å². The fourth-order valence-electron chi connectivity index (χ4n) is 2.95. The third kappa shape index (κ3) is 2.26. The molecule has 1 aromatic carbocycles. The van der Waals surface area contributed by atoms with E-state index in [2.05, 4.69) is 4.98 Å². The van der Waals surface area contributed by atoms with Crippen LogP contribution < -0.4 is 0 Å². The molecule has 3 rings (SSSR count). The first-order chi connectivity index (χ1) is 10.5. The third-order valence-electron chi connectivity index (χ3n) is 4.12. The summed E-state index contributed by atoms with van der Waals surface area (Å²) < 4.78 is 1.64. The number of aliphatic carboxylic acids is 1. The summed E-state index contributed by atoms with van der Waals surface area (Å²) in [6.07, 6.45) is 1.89. The van der Waals surface area contributed by atoms with Gasteiger partial charge < -0.3 is 14.6 Å². The van der Waals surface area contributed by atoms with Crippen molar-refractivity contribution in [3.63, 3.8) is 0 Å². The van der Waals surface area contributed by atoms with Crippen LogP contribution in [0.4, 0.5) is 0 Å². The number of amides is 1. The molecule has 1 aliphatic heterocycles. The van der Waals surface area contributed by atoms with Crippen LogP contribution in [0.25, 0.3) is 0 Å². The van der Waals surface area contributed by atoms with E-state index in [0.29, 0.717) is 24.4 Å². The van der Waals surface area contributed by atoms with Crippen molar-refractivity contribution in [1.29, 1.82) is 0 Å². The van der Waals surface area contributed by atoms with E-state index in [4.69, 9.17) is 0 Å². The van der Waals surface area contributed by atoms with Crippen LogP contribution >= 0.6 is 0 Å². The highest BCUT2D eigenvalue weighted by molar-refractivity contribution is 5.96. The molecule has 0 bridgehead atoms. The molecule has 1 atom stereocenters. The summed E-state index contributed by atoms with van der Waals surface area (Å²) in [4.78, 5) is 30.0. The van der Waals surface area contributed by atoms with Gasteiger partial charge in [0.15, 0.2) is 0 Å². The largest absolute Gasteiger partial charge is 0.480 e. The molecule has 1 aromatic heterocycles. The van der Waals surface area contributed by atoms with Crippen LogP contribution in [0.3, 0.4) is 0 Å². The first-order valence-electron chi connectivity index (χ1n) is 7.07. The van der Waals surface area contributed by atoms with E-state index >= 15 is 0 Å². The molecule has 2 aromatic rings. The summed E-state index contributed by atoms with van der Waals surface area (Å²) in [6.45, 7) is 2.05. The van der Waals surface area contributed by atoms with Gasteiger partial charge in [0.2, 0.25) is 0 Å². The number of carboxylic acid groups (broad SMARTS) is 1. The van der Waals surface area contributed by atoms with Gasteiger partial charge in [-0.15, -0.1) is 0 Å². The minimum atomic E-state index is -0.984. The van der Waals surface area contributed by atoms with E-state index < -0.39 is 12.0 Å². The number of imidazole rings is 1. The van der Waals surface area contributed by atoms with Crippen LogP contribution in [0.1, 0.15) is 27.3 Å². The molecular formula is C16H17N3O3. The lowest BCUT2D eigenvalue weighted by molar-refractivity contribution is -0.142. The highest BCUT2D eigenvalue weighted by Gasteiger charge is 2.36. The lowest BCUT2D eigenvalue weighted by atomic mass is 9.93. The van der Waals surface area contributed by atoms with Crippen molar-refractivity contribution in [2.24, 2.45) is 7.05 Å². The number of benzene rings is 1. The van der Waals surface area contributed by atoms with Gasteiger partial charge in [0.25, 0.3) is 5.91 Å². The Kier molecular flexibility index (Phi) is 3.44. The van der Waals surface area contributed by atoms with Gasteiger partial charge >= 0.3 is 5.97 Å². The Morgan fingerprint density at radius 3 is 2.55 bits per heavy atom. The minimum absolute atomic E-state index is 0.292. The molecule has 0 radical (unpaired) electrons. The van der Waals surface area contributed by atoms with Gasteiger partial charge in [-0.2, -0.15) is 0 Å². The summed E-state index contributed by atoms with van der Waals surface area (Å²) in [7, 11) is 1.74. The van der Waals surface area contributed by atoms with Crippen molar-refractivity contribution >= 4 is 11.9 Å². The van der Waals surface area contributed by atoms with Gasteiger partial charge in [-0.1, -0.05) is 24.3 Å². The Labute approximate surface area is 128 Å². The van der Waals surface area contributed by atoms with Gasteiger partial charge in [0, 0.05) is 20.0 Å². The van der Waals surface area contributed by atoms with Gasteiger partial charge in [-0.25, -0.2) is 9.78 Å². The second kappa shape index (κ2) is 5.29. The molecular weight excluding hydrogens is 282 g/mol. The van der Waals surface area contributed by atoms with E-state index in [1.165, 1.54) is 4.90 Å². The average Bonchev–Trinajstić information content (AvgIpc) is 2.84. The number of carboxylic acids is 1. The normalized spacial score (nSPS) is 17.2. The van der Waals surface area contributed by atoms with Crippen molar-refractivity contribution in [3.05, 3.63) is 53.1 Å². The zero-order valence-corrected chi connectivity index (χ0v) is 12.5. The Hall–Kier alpha value is -2.63. The standard InChI is InChI=1S/C16H17N3O3/c1-10-14(18(2)9-17-10)15(20)19-8-12-6-4-3-5-11(12)7-13(19)16(21)22/h3-6,9,13H,7-8H2,1-2H3,(H,21,22)/t13-/m0/s1. The van der Waals surface area contributed by atoms with Crippen LogP contribution in [0.15, 0.2) is 30.6 Å². The number of nitrogens with zero attached hydrogens (tertiary/aromatic N) is 3. The van der Waals surface area contributed by atoms with E-state index in [9.17, 15) is 14.7 Å². The fourth-order valence-corrected chi connectivity index (χ4v) is 2.95. The summed E-state index contributed by atoms with van der Waals surface area (Å²) >= 11 is 0. The Balaban J connectivity index is 2.01. The number of rotatable bonds is 2. The van der Waals surface area contributed by atoms with Gasteiger partial charge in [-0.05, 0) is 18.1 Å². The fraction of sp³-hybridized carbons (Fsp3) is 0.312. The van der Waals surface area contributed by atoms with Crippen molar-refractivity contribution in [3.8, 4) is 0 Å². The topological polar surface area (TPSA) is 75.4 Å². The Morgan fingerprint density at radius 1 is 1.27 bits per heavy atom. The van der Waals surface area contributed by atoms with Crippen molar-refractivity contribution in [1.82, 2.24) is 14.5 Å². The highest BCUT2D eigenvalue weighted by atomic mass is 16.4. The second-order valence-electron chi connectivity index (χ2n) is 5.55.